The number of hydrogen-bond donors (Lipinski definition) is 1. The minimum atomic E-state index is -0.641. The van der Waals surface area contributed by atoms with Gasteiger partial charge in [0.25, 0.3) is 5.91 Å². The standard InChI is InChI=1S/C20H23NO3/c1-5-19(22)16-8-10-17(11-9-16)24-15(4)20(23)21-18-12-13(2)6-7-14(18)3/h6-12,15H,5H2,1-4H3,(H,21,23). The van der Waals surface area contributed by atoms with Gasteiger partial charge in [-0.2, -0.15) is 0 Å². The second-order valence-electron chi connectivity index (χ2n) is 5.87. The van der Waals surface area contributed by atoms with E-state index in [4.69, 9.17) is 4.74 Å². The minimum Gasteiger partial charge on any atom is -0.481 e. The highest BCUT2D eigenvalue weighted by Gasteiger charge is 2.16. The first kappa shape index (κ1) is 17.7. The quantitative estimate of drug-likeness (QED) is 0.806. The van der Waals surface area contributed by atoms with Crippen molar-refractivity contribution in [3.8, 4) is 5.75 Å². The fourth-order valence-corrected chi connectivity index (χ4v) is 2.29. The number of carbonyl (C=O) groups is 2. The molecule has 0 aromatic heterocycles. The molecule has 126 valence electrons. The molecule has 0 saturated heterocycles. The Morgan fingerprint density at radius 3 is 2.38 bits per heavy atom. The van der Waals surface area contributed by atoms with Crippen molar-refractivity contribution in [1.29, 1.82) is 0 Å². The average Bonchev–Trinajstić information content (AvgIpc) is 2.58. The average molecular weight is 325 g/mol. The number of rotatable bonds is 6. The number of amides is 1. The Labute approximate surface area is 142 Å². The van der Waals surface area contributed by atoms with Gasteiger partial charge in [0.15, 0.2) is 11.9 Å². The highest BCUT2D eigenvalue weighted by Crippen LogP contribution is 2.18. The molecule has 0 heterocycles. The molecule has 0 bridgehead atoms. The molecule has 1 unspecified atom stereocenters. The molecule has 2 aromatic carbocycles. The monoisotopic (exact) mass is 325 g/mol. The van der Waals surface area contributed by atoms with Crippen LogP contribution in [0.4, 0.5) is 5.69 Å². The molecule has 0 aliphatic rings. The summed E-state index contributed by atoms with van der Waals surface area (Å²) in [5, 5.41) is 2.89. The largest absolute Gasteiger partial charge is 0.481 e. The van der Waals surface area contributed by atoms with E-state index < -0.39 is 6.10 Å². The Kier molecular flexibility index (Phi) is 5.74. The molecular weight excluding hydrogens is 302 g/mol. The summed E-state index contributed by atoms with van der Waals surface area (Å²) in [4.78, 5) is 23.9. The normalized spacial score (nSPS) is 11.7. The molecular formula is C20H23NO3. The lowest BCUT2D eigenvalue weighted by molar-refractivity contribution is -0.122. The Morgan fingerprint density at radius 1 is 1.08 bits per heavy atom. The number of benzene rings is 2. The number of carbonyl (C=O) groups excluding carboxylic acids is 2. The molecule has 2 aromatic rings. The lowest BCUT2D eigenvalue weighted by atomic mass is 10.1. The molecule has 1 N–H and O–H groups in total. The van der Waals surface area contributed by atoms with Crippen LogP contribution in [0.1, 0.15) is 41.8 Å². The second kappa shape index (κ2) is 7.77. The van der Waals surface area contributed by atoms with Crippen LogP contribution in [0.15, 0.2) is 42.5 Å². The van der Waals surface area contributed by atoms with E-state index in [2.05, 4.69) is 5.32 Å². The van der Waals surface area contributed by atoms with Crippen molar-refractivity contribution in [3.05, 3.63) is 59.2 Å². The number of nitrogens with one attached hydrogen (secondary N) is 1. The predicted octanol–water partition coefficient (Wildman–Crippen LogP) is 4.30. The fraction of sp³-hybridized carbons (Fsp3) is 0.300. The van der Waals surface area contributed by atoms with Gasteiger partial charge in [-0.3, -0.25) is 9.59 Å². The molecule has 0 aliphatic heterocycles. The van der Waals surface area contributed by atoms with Crippen LogP contribution in [0.25, 0.3) is 0 Å². The summed E-state index contributed by atoms with van der Waals surface area (Å²) in [7, 11) is 0. The van der Waals surface area contributed by atoms with E-state index in [9.17, 15) is 9.59 Å². The van der Waals surface area contributed by atoms with E-state index in [-0.39, 0.29) is 11.7 Å². The first-order valence-corrected chi connectivity index (χ1v) is 8.08. The Bertz CT molecular complexity index is 735. The maximum atomic E-state index is 12.3. The van der Waals surface area contributed by atoms with E-state index in [0.29, 0.717) is 17.7 Å². The van der Waals surface area contributed by atoms with Gasteiger partial charge < -0.3 is 10.1 Å². The van der Waals surface area contributed by atoms with E-state index in [1.807, 2.05) is 39.0 Å². The van der Waals surface area contributed by atoms with Crippen LogP contribution in [-0.2, 0) is 4.79 Å². The Balaban J connectivity index is 2.01. The molecule has 0 saturated carbocycles. The van der Waals surface area contributed by atoms with Crippen molar-refractivity contribution in [1.82, 2.24) is 0 Å². The summed E-state index contributed by atoms with van der Waals surface area (Å²) in [6, 6.07) is 12.8. The third-order valence-corrected chi connectivity index (χ3v) is 3.83. The fourth-order valence-electron chi connectivity index (χ4n) is 2.29. The van der Waals surface area contributed by atoms with Gasteiger partial charge in [-0.05, 0) is 62.2 Å². The third-order valence-electron chi connectivity index (χ3n) is 3.83. The van der Waals surface area contributed by atoms with Crippen LogP contribution >= 0.6 is 0 Å². The molecule has 2 rings (SSSR count). The van der Waals surface area contributed by atoms with Gasteiger partial charge in [-0.1, -0.05) is 19.1 Å². The maximum absolute atomic E-state index is 12.3. The zero-order chi connectivity index (χ0) is 17.7. The minimum absolute atomic E-state index is 0.0854. The lowest BCUT2D eigenvalue weighted by Gasteiger charge is -2.16. The summed E-state index contributed by atoms with van der Waals surface area (Å²) in [5.74, 6) is 0.436. The van der Waals surface area contributed by atoms with E-state index in [1.165, 1.54) is 0 Å². The van der Waals surface area contributed by atoms with Crippen LogP contribution < -0.4 is 10.1 Å². The summed E-state index contributed by atoms with van der Waals surface area (Å²) >= 11 is 0. The van der Waals surface area contributed by atoms with Crippen molar-refractivity contribution in [2.45, 2.75) is 40.2 Å². The highest BCUT2D eigenvalue weighted by molar-refractivity contribution is 5.96. The second-order valence-corrected chi connectivity index (χ2v) is 5.87. The molecule has 1 amide bonds. The number of ether oxygens (including phenoxy) is 1. The van der Waals surface area contributed by atoms with Crippen molar-refractivity contribution >= 4 is 17.4 Å². The summed E-state index contributed by atoms with van der Waals surface area (Å²) < 4.78 is 5.66. The molecule has 4 nitrogen and oxygen atoms in total. The van der Waals surface area contributed by atoms with Crippen LogP contribution in [0.5, 0.6) is 5.75 Å². The van der Waals surface area contributed by atoms with Gasteiger partial charge in [-0.25, -0.2) is 0 Å². The lowest BCUT2D eigenvalue weighted by Crippen LogP contribution is -2.30. The molecule has 0 aliphatic carbocycles. The van der Waals surface area contributed by atoms with Crippen molar-refractivity contribution in [3.63, 3.8) is 0 Å². The van der Waals surface area contributed by atoms with Gasteiger partial charge in [0.2, 0.25) is 0 Å². The Hall–Kier alpha value is -2.62. The molecule has 0 radical (unpaired) electrons. The molecule has 0 spiro atoms. The zero-order valence-corrected chi connectivity index (χ0v) is 14.6. The van der Waals surface area contributed by atoms with Crippen LogP contribution in [0.2, 0.25) is 0 Å². The third kappa shape index (κ3) is 4.44. The van der Waals surface area contributed by atoms with E-state index in [0.717, 1.165) is 16.8 Å². The first-order chi connectivity index (χ1) is 11.4. The Morgan fingerprint density at radius 2 is 1.75 bits per heavy atom. The number of Topliss-reactive ketones (excluding diaryl/α,β-unsaturated/α-hetero) is 1. The summed E-state index contributed by atoms with van der Waals surface area (Å²) in [6.45, 7) is 7.45. The number of ketones is 1. The zero-order valence-electron chi connectivity index (χ0n) is 14.6. The van der Waals surface area contributed by atoms with E-state index in [1.54, 1.807) is 31.2 Å². The number of anilines is 1. The van der Waals surface area contributed by atoms with E-state index >= 15 is 0 Å². The number of hydrogen-bond acceptors (Lipinski definition) is 3. The first-order valence-electron chi connectivity index (χ1n) is 8.08. The van der Waals surface area contributed by atoms with Crippen LogP contribution in [0.3, 0.4) is 0 Å². The van der Waals surface area contributed by atoms with Gasteiger partial charge in [0.1, 0.15) is 5.75 Å². The molecule has 4 heteroatoms. The topological polar surface area (TPSA) is 55.4 Å². The van der Waals surface area contributed by atoms with Gasteiger partial charge in [0.05, 0.1) is 0 Å². The maximum Gasteiger partial charge on any atom is 0.265 e. The van der Waals surface area contributed by atoms with Crippen molar-refractivity contribution < 1.29 is 14.3 Å². The van der Waals surface area contributed by atoms with Crippen molar-refractivity contribution in [2.75, 3.05) is 5.32 Å². The highest BCUT2D eigenvalue weighted by atomic mass is 16.5. The van der Waals surface area contributed by atoms with Crippen molar-refractivity contribution in [2.24, 2.45) is 0 Å². The van der Waals surface area contributed by atoms with Crippen LogP contribution in [-0.4, -0.2) is 17.8 Å². The van der Waals surface area contributed by atoms with Crippen LogP contribution in [0, 0.1) is 13.8 Å². The molecule has 0 fully saturated rings. The molecule has 24 heavy (non-hydrogen) atoms. The summed E-state index contributed by atoms with van der Waals surface area (Å²) in [6.07, 6.45) is -0.174. The smallest absolute Gasteiger partial charge is 0.265 e. The SMILES string of the molecule is CCC(=O)c1ccc(OC(C)C(=O)Nc2cc(C)ccc2C)cc1. The number of aryl methyl sites for hydroxylation is 2. The molecule has 1 atom stereocenters. The summed E-state index contributed by atoms with van der Waals surface area (Å²) in [5.41, 5.74) is 3.53. The predicted molar refractivity (Wildman–Crippen MR) is 95.7 cm³/mol. The van der Waals surface area contributed by atoms with Gasteiger partial charge in [0, 0.05) is 17.7 Å². The van der Waals surface area contributed by atoms with Gasteiger partial charge in [-0.15, -0.1) is 0 Å². The van der Waals surface area contributed by atoms with Gasteiger partial charge >= 0.3 is 0 Å².